The third kappa shape index (κ3) is 15.2. The molecule has 0 amide bonds. The van der Waals surface area contributed by atoms with Crippen LogP contribution in [0.15, 0.2) is 18.2 Å². The van der Waals surface area contributed by atoms with E-state index in [-0.39, 0.29) is 6.42 Å². The minimum atomic E-state index is -1.91. The molecule has 0 fully saturated rings. The average Bonchev–Trinajstić information content (AvgIpc) is 2.89. The van der Waals surface area contributed by atoms with Gasteiger partial charge in [-0.3, -0.25) is 0 Å². The quantitative estimate of drug-likeness (QED) is 0.0965. The third-order valence-electron chi connectivity index (χ3n) is 8.29. The Morgan fingerprint density at radius 3 is 1.46 bits per heavy atom. The van der Waals surface area contributed by atoms with Crippen molar-refractivity contribution in [2.24, 2.45) is 0 Å². The molecule has 0 radical (unpaired) electrons. The number of phenols is 1. The molecule has 0 spiro atoms. The Bertz CT molecular complexity index is 662. The van der Waals surface area contributed by atoms with Crippen molar-refractivity contribution in [1.29, 1.82) is 0 Å². The van der Waals surface area contributed by atoms with Gasteiger partial charge in [0.05, 0.1) is 0 Å². The van der Waals surface area contributed by atoms with Crippen LogP contribution in [0, 0.1) is 0 Å². The summed E-state index contributed by atoms with van der Waals surface area (Å²) in [6.45, 7) is 6.83. The van der Waals surface area contributed by atoms with Crippen LogP contribution < -0.4 is 5.30 Å². The number of aromatic hydroxyl groups is 1. The summed E-state index contributed by atoms with van der Waals surface area (Å²) in [5.74, 6) is -0.266. The van der Waals surface area contributed by atoms with Gasteiger partial charge in [0.1, 0.15) is 0 Å². The molecule has 1 aromatic carbocycles. The molecule has 0 unspecified atom stereocenters. The first-order valence-corrected chi connectivity index (χ1v) is 18.6. The maximum absolute atomic E-state index is 11.2. The SMILES string of the molecule is CCCCCCCC[PH](CCCCCCCC)(CCCCCCCC)c1cc(CCC(=O)O)ccc1O. The first-order chi connectivity index (χ1) is 18.0. The standard InChI is InChI=1S/C33H61O3P/c1-4-7-10-13-16-19-26-37(27-20-17-14-11-8-5-2,28-21-18-15-12-9-6-3)32-29-30(22-24-31(32)34)23-25-33(35)36/h22,24,29,34,37H,4-21,23,25-28H2,1-3H3,(H,35,36). The van der Waals surface area contributed by atoms with E-state index in [0.717, 1.165) is 5.56 Å². The van der Waals surface area contributed by atoms with Crippen LogP contribution >= 0.6 is 7.26 Å². The Labute approximate surface area is 230 Å². The maximum atomic E-state index is 11.2. The van der Waals surface area contributed by atoms with E-state index in [0.29, 0.717) is 12.2 Å². The Hall–Kier alpha value is -1.08. The Balaban J connectivity index is 3.10. The van der Waals surface area contributed by atoms with E-state index >= 15 is 0 Å². The van der Waals surface area contributed by atoms with Crippen molar-refractivity contribution in [2.75, 3.05) is 18.5 Å². The number of benzene rings is 1. The van der Waals surface area contributed by atoms with Gasteiger partial charge in [-0.05, 0) is 0 Å². The van der Waals surface area contributed by atoms with Crippen molar-refractivity contribution >= 4 is 18.5 Å². The molecule has 3 nitrogen and oxygen atoms in total. The second-order valence-corrected chi connectivity index (χ2v) is 16.2. The number of phenolic OH excluding ortho intramolecular Hbond substituents is 1. The molecule has 0 saturated carbocycles. The van der Waals surface area contributed by atoms with Gasteiger partial charge in [0.2, 0.25) is 0 Å². The van der Waals surface area contributed by atoms with E-state index in [1.165, 1.54) is 139 Å². The molecule has 0 aliphatic rings. The van der Waals surface area contributed by atoms with Crippen LogP contribution in [0.5, 0.6) is 5.75 Å². The summed E-state index contributed by atoms with van der Waals surface area (Å²) in [7, 11) is -1.91. The van der Waals surface area contributed by atoms with Crippen molar-refractivity contribution in [1.82, 2.24) is 0 Å². The zero-order valence-electron chi connectivity index (χ0n) is 24.8. The third-order valence-corrected chi connectivity index (χ3v) is 13.8. The number of carboxylic acid groups (broad SMARTS) is 1. The van der Waals surface area contributed by atoms with Crippen LogP contribution in [0.25, 0.3) is 0 Å². The van der Waals surface area contributed by atoms with Gasteiger partial charge in [-0.2, -0.15) is 0 Å². The molecule has 216 valence electrons. The van der Waals surface area contributed by atoms with Crippen LogP contribution in [0.3, 0.4) is 0 Å². The van der Waals surface area contributed by atoms with Crippen LogP contribution in [-0.2, 0) is 11.2 Å². The first-order valence-electron chi connectivity index (χ1n) is 16.0. The second kappa shape index (κ2) is 21.8. The Morgan fingerprint density at radius 2 is 1.05 bits per heavy atom. The fourth-order valence-electron chi connectivity index (χ4n) is 5.92. The molecule has 0 aromatic heterocycles. The Morgan fingerprint density at radius 1 is 0.649 bits per heavy atom. The van der Waals surface area contributed by atoms with Crippen molar-refractivity contribution in [3.8, 4) is 5.75 Å². The van der Waals surface area contributed by atoms with Gasteiger partial charge < -0.3 is 0 Å². The number of aliphatic carboxylic acids is 1. The Kier molecular flexibility index (Phi) is 20.0. The van der Waals surface area contributed by atoms with Gasteiger partial charge in [-0.15, -0.1) is 0 Å². The van der Waals surface area contributed by atoms with Gasteiger partial charge in [-0.1, -0.05) is 0 Å². The molecular formula is C33H61O3P. The number of carboxylic acids is 1. The first kappa shape index (κ1) is 33.9. The minimum absolute atomic E-state index is 0.158. The monoisotopic (exact) mass is 536 g/mol. The fourth-order valence-corrected chi connectivity index (χ4v) is 11.4. The van der Waals surface area contributed by atoms with Gasteiger partial charge in [0, 0.05) is 0 Å². The molecule has 0 heterocycles. The summed E-state index contributed by atoms with van der Waals surface area (Å²) in [6.07, 6.45) is 28.2. The summed E-state index contributed by atoms with van der Waals surface area (Å²) >= 11 is 0. The van der Waals surface area contributed by atoms with E-state index in [9.17, 15) is 15.0 Å². The molecule has 0 atom stereocenters. The van der Waals surface area contributed by atoms with E-state index < -0.39 is 13.2 Å². The number of hydrogen-bond acceptors (Lipinski definition) is 2. The van der Waals surface area contributed by atoms with E-state index in [1.807, 2.05) is 12.1 Å². The van der Waals surface area contributed by atoms with E-state index in [2.05, 4.69) is 26.8 Å². The molecule has 0 aliphatic carbocycles. The molecule has 0 saturated heterocycles. The zero-order valence-corrected chi connectivity index (χ0v) is 25.8. The summed E-state index contributed by atoms with van der Waals surface area (Å²) < 4.78 is 0. The molecule has 1 aromatic rings. The van der Waals surface area contributed by atoms with Gasteiger partial charge in [-0.25, -0.2) is 0 Å². The molecule has 0 bridgehead atoms. The molecule has 2 N–H and O–H groups in total. The van der Waals surface area contributed by atoms with Crippen molar-refractivity contribution in [3.63, 3.8) is 0 Å². The number of rotatable bonds is 25. The van der Waals surface area contributed by atoms with Crippen molar-refractivity contribution in [3.05, 3.63) is 23.8 Å². The molecular weight excluding hydrogens is 475 g/mol. The zero-order chi connectivity index (χ0) is 27.2. The number of hydrogen-bond donors (Lipinski definition) is 2. The molecule has 37 heavy (non-hydrogen) atoms. The predicted octanol–water partition coefficient (Wildman–Crippen LogP) is 9.87. The van der Waals surface area contributed by atoms with E-state index in [1.54, 1.807) is 0 Å². The number of aryl methyl sites for hydroxylation is 1. The average molecular weight is 537 g/mol. The summed E-state index contributed by atoms with van der Waals surface area (Å²) in [4.78, 5) is 11.2. The summed E-state index contributed by atoms with van der Waals surface area (Å²) in [5, 5.41) is 21.7. The van der Waals surface area contributed by atoms with Crippen molar-refractivity contribution in [2.45, 2.75) is 149 Å². The molecule has 4 heteroatoms. The van der Waals surface area contributed by atoms with Crippen LogP contribution in [0.1, 0.15) is 148 Å². The topological polar surface area (TPSA) is 57.5 Å². The van der Waals surface area contributed by atoms with E-state index in [4.69, 9.17) is 0 Å². The van der Waals surface area contributed by atoms with Crippen molar-refractivity contribution < 1.29 is 15.0 Å². The van der Waals surface area contributed by atoms with Gasteiger partial charge in [0.25, 0.3) is 0 Å². The van der Waals surface area contributed by atoms with Gasteiger partial charge in [0.15, 0.2) is 0 Å². The second-order valence-electron chi connectivity index (χ2n) is 11.6. The molecule has 1 rings (SSSR count). The summed E-state index contributed by atoms with van der Waals surface area (Å²) in [6, 6.07) is 6.05. The molecule has 0 aliphatic heterocycles. The number of carbonyl (C=O) groups is 1. The van der Waals surface area contributed by atoms with Crippen LogP contribution in [0.2, 0.25) is 0 Å². The van der Waals surface area contributed by atoms with Crippen LogP contribution in [0.4, 0.5) is 0 Å². The fraction of sp³-hybridized carbons (Fsp3) is 0.788. The predicted molar refractivity (Wildman–Crippen MR) is 167 cm³/mol. The normalized spacial score (nSPS) is 12.2. The van der Waals surface area contributed by atoms with Gasteiger partial charge >= 0.3 is 231 Å². The number of unbranched alkanes of at least 4 members (excludes halogenated alkanes) is 15. The van der Waals surface area contributed by atoms with Crippen LogP contribution in [-0.4, -0.2) is 34.7 Å². The summed E-state index contributed by atoms with van der Waals surface area (Å²) in [5.41, 5.74) is 1.08.